The van der Waals surface area contributed by atoms with Gasteiger partial charge in [-0.3, -0.25) is 0 Å². The van der Waals surface area contributed by atoms with E-state index >= 15 is 0 Å². The maximum Gasteiger partial charge on any atom is 0.123 e. The average molecular weight is 221 g/mol. The Morgan fingerprint density at radius 3 is 3.06 bits per heavy atom. The number of nitrogens with one attached hydrogen (secondary N) is 1. The molecule has 0 aliphatic carbocycles. The molecule has 0 saturated carbocycles. The number of aliphatic hydroxyl groups excluding tert-OH is 1. The molecule has 0 spiro atoms. The van der Waals surface area contributed by atoms with E-state index in [9.17, 15) is 0 Å². The van der Waals surface area contributed by atoms with Gasteiger partial charge in [-0.1, -0.05) is 25.1 Å². The van der Waals surface area contributed by atoms with E-state index in [1.165, 1.54) is 5.56 Å². The number of fused-ring (bicyclic) bond motifs is 1. The van der Waals surface area contributed by atoms with Crippen LogP contribution in [0.1, 0.15) is 12.5 Å². The molecule has 2 unspecified atom stereocenters. The normalized spacial score (nSPS) is 20.2. The van der Waals surface area contributed by atoms with Crippen molar-refractivity contribution in [1.82, 2.24) is 5.32 Å². The van der Waals surface area contributed by atoms with E-state index in [0.29, 0.717) is 5.92 Å². The van der Waals surface area contributed by atoms with Gasteiger partial charge in [0.05, 0.1) is 0 Å². The van der Waals surface area contributed by atoms with Crippen LogP contribution < -0.4 is 10.1 Å². The van der Waals surface area contributed by atoms with E-state index in [-0.39, 0.29) is 12.7 Å². The van der Waals surface area contributed by atoms with Crippen LogP contribution in [0.5, 0.6) is 5.75 Å². The number of benzene rings is 1. The Balaban J connectivity index is 1.75. The van der Waals surface area contributed by atoms with E-state index in [1.54, 1.807) is 0 Å². The summed E-state index contributed by atoms with van der Waals surface area (Å²) in [5.41, 5.74) is 1.30. The highest BCUT2D eigenvalue weighted by atomic mass is 16.5. The molecule has 3 nitrogen and oxygen atoms in total. The summed E-state index contributed by atoms with van der Waals surface area (Å²) in [7, 11) is 0. The maximum absolute atomic E-state index is 8.90. The average Bonchev–Trinajstić information content (AvgIpc) is 2.71. The van der Waals surface area contributed by atoms with Crippen molar-refractivity contribution in [3.8, 4) is 5.75 Å². The highest BCUT2D eigenvalue weighted by Gasteiger charge is 2.21. The van der Waals surface area contributed by atoms with Gasteiger partial charge in [-0.05, 0) is 17.5 Å². The van der Waals surface area contributed by atoms with Gasteiger partial charge >= 0.3 is 0 Å². The summed E-state index contributed by atoms with van der Waals surface area (Å²) in [6.07, 6.45) is 1.22. The fraction of sp³-hybridized carbons (Fsp3) is 0.538. The molecule has 2 N–H and O–H groups in total. The first-order valence-electron chi connectivity index (χ1n) is 5.85. The van der Waals surface area contributed by atoms with Crippen molar-refractivity contribution >= 4 is 0 Å². The first-order chi connectivity index (χ1) is 7.79. The molecule has 1 heterocycles. The Hall–Kier alpha value is -1.06. The second-order valence-corrected chi connectivity index (χ2v) is 4.50. The van der Waals surface area contributed by atoms with Gasteiger partial charge < -0.3 is 15.2 Å². The molecule has 0 amide bonds. The lowest BCUT2D eigenvalue weighted by atomic mass is 10.1. The lowest BCUT2D eigenvalue weighted by Crippen LogP contribution is -2.33. The minimum Gasteiger partial charge on any atom is -0.488 e. The van der Waals surface area contributed by atoms with Gasteiger partial charge in [-0.15, -0.1) is 0 Å². The number of hydrogen-bond acceptors (Lipinski definition) is 3. The summed E-state index contributed by atoms with van der Waals surface area (Å²) in [5, 5.41) is 12.2. The first-order valence-corrected chi connectivity index (χ1v) is 5.85. The number of para-hydroxylation sites is 1. The highest BCUT2D eigenvalue weighted by Crippen LogP contribution is 2.27. The van der Waals surface area contributed by atoms with Crippen LogP contribution >= 0.6 is 0 Å². The Labute approximate surface area is 96.4 Å². The van der Waals surface area contributed by atoms with Crippen LogP contribution in [0, 0.1) is 5.92 Å². The van der Waals surface area contributed by atoms with Crippen molar-refractivity contribution in [1.29, 1.82) is 0 Å². The third-order valence-electron chi connectivity index (χ3n) is 2.89. The third-order valence-corrected chi connectivity index (χ3v) is 2.89. The van der Waals surface area contributed by atoms with Crippen molar-refractivity contribution in [3.05, 3.63) is 29.8 Å². The zero-order valence-corrected chi connectivity index (χ0v) is 9.65. The van der Waals surface area contributed by atoms with Crippen molar-refractivity contribution in [2.45, 2.75) is 19.4 Å². The van der Waals surface area contributed by atoms with Gasteiger partial charge in [0.25, 0.3) is 0 Å². The van der Waals surface area contributed by atoms with Crippen LogP contribution in [-0.2, 0) is 6.42 Å². The van der Waals surface area contributed by atoms with Gasteiger partial charge in [0.1, 0.15) is 11.9 Å². The largest absolute Gasteiger partial charge is 0.488 e. The van der Waals surface area contributed by atoms with Gasteiger partial charge in [0.15, 0.2) is 0 Å². The van der Waals surface area contributed by atoms with Crippen LogP contribution in [0.4, 0.5) is 0 Å². The smallest absolute Gasteiger partial charge is 0.123 e. The molecule has 0 saturated heterocycles. The molecular weight excluding hydrogens is 202 g/mol. The summed E-state index contributed by atoms with van der Waals surface area (Å²) >= 11 is 0. The van der Waals surface area contributed by atoms with E-state index in [1.807, 2.05) is 25.1 Å². The number of rotatable bonds is 5. The number of ether oxygens (including phenoxy) is 1. The molecule has 1 aromatic carbocycles. The second kappa shape index (κ2) is 5.32. The summed E-state index contributed by atoms with van der Waals surface area (Å²) in [4.78, 5) is 0. The molecule has 1 aliphatic rings. The molecule has 88 valence electrons. The molecule has 2 atom stereocenters. The SMILES string of the molecule is CC(CO)CNCC1Cc2ccccc2O1. The lowest BCUT2D eigenvalue weighted by molar-refractivity contribution is 0.208. The molecule has 0 fully saturated rings. The van der Waals surface area contributed by atoms with Crippen LogP contribution in [0.25, 0.3) is 0 Å². The van der Waals surface area contributed by atoms with Crippen LogP contribution in [0.2, 0.25) is 0 Å². The Kier molecular flexibility index (Phi) is 3.80. The fourth-order valence-corrected chi connectivity index (χ4v) is 1.92. The van der Waals surface area contributed by atoms with Gasteiger partial charge in [-0.2, -0.15) is 0 Å². The number of aliphatic hydroxyl groups is 1. The zero-order valence-electron chi connectivity index (χ0n) is 9.65. The maximum atomic E-state index is 8.90. The monoisotopic (exact) mass is 221 g/mol. The predicted molar refractivity (Wildman–Crippen MR) is 63.7 cm³/mol. The summed E-state index contributed by atoms with van der Waals surface area (Å²) < 4.78 is 5.80. The standard InChI is InChI=1S/C13H19NO2/c1-10(9-15)7-14-8-12-6-11-4-2-3-5-13(11)16-12/h2-5,10,12,14-15H,6-9H2,1H3. The van der Waals surface area contributed by atoms with E-state index < -0.39 is 0 Å². The van der Waals surface area contributed by atoms with Crippen LogP contribution in [-0.4, -0.2) is 30.9 Å². The minimum atomic E-state index is 0.235. The molecule has 3 heteroatoms. The molecule has 2 rings (SSSR count). The van der Waals surface area contributed by atoms with E-state index in [4.69, 9.17) is 9.84 Å². The quantitative estimate of drug-likeness (QED) is 0.785. The summed E-state index contributed by atoms with van der Waals surface area (Å²) in [5.74, 6) is 1.33. The molecule has 0 aromatic heterocycles. The van der Waals surface area contributed by atoms with E-state index in [2.05, 4.69) is 11.4 Å². The molecule has 0 bridgehead atoms. The predicted octanol–water partition coefficient (Wildman–Crippen LogP) is 1.21. The minimum absolute atomic E-state index is 0.235. The van der Waals surface area contributed by atoms with Crippen molar-refractivity contribution < 1.29 is 9.84 Å². The molecule has 1 aliphatic heterocycles. The van der Waals surface area contributed by atoms with Crippen LogP contribution in [0.15, 0.2) is 24.3 Å². The summed E-state index contributed by atoms with van der Waals surface area (Å²) in [6.45, 7) is 3.95. The number of hydrogen-bond donors (Lipinski definition) is 2. The van der Waals surface area contributed by atoms with Crippen molar-refractivity contribution in [2.24, 2.45) is 5.92 Å². The van der Waals surface area contributed by atoms with Crippen LogP contribution in [0.3, 0.4) is 0 Å². The summed E-state index contributed by atoms with van der Waals surface area (Å²) in [6, 6.07) is 8.19. The van der Waals surface area contributed by atoms with Gasteiger partial charge in [0.2, 0.25) is 0 Å². The molecule has 0 radical (unpaired) electrons. The Bertz CT molecular complexity index is 315. The van der Waals surface area contributed by atoms with Crippen molar-refractivity contribution in [3.63, 3.8) is 0 Å². The first kappa shape index (κ1) is 11.4. The lowest BCUT2D eigenvalue weighted by Gasteiger charge is -2.14. The topological polar surface area (TPSA) is 41.5 Å². The molecule has 16 heavy (non-hydrogen) atoms. The highest BCUT2D eigenvalue weighted by molar-refractivity contribution is 5.37. The molecular formula is C13H19NO2. The Morgan fingerprint density at radius 2 is 2.31 bits per heavy atom. The Morgan fingerprint density at radius 1 is 1.50 bits per heavy atom. The van der Waals surface area contributed by atoms with Gasteiger partial charge in [0, 0.05) is 26.1 Å². The van der Waals surface area contributed by atoms with E-state index in [0.717, 1.165) is 25.3 Å². The third kappa shape index (κ3) is 2.74. The van der Waals surface area contributed by atoms with Gasteiger partial charge in [-0.25, -0.2) is 0 Å². The second-order valence-electron chi connectivity index (χ2n) is 4.50. The van der Waals surface area contributed by atoms with Crippen molar-refractivity contribution in [2.75, 3.05) is 19.7 Å². The fourth-order valence-electron chi connectivity index (χ4n) is 1.92. The zero-order chi connectivity index (χ0) is 11.4. The molecule has 1 aromatic rings.